The fourth-order valence-electron chi connectivity index (χ4n) is 3.43. The molecule has 2 aliphatic heterocycles. The first-order valence-corrected chi connectivity index (χ1v) is 8.68. The van der Waals surface area contributed by atoms with E-state index < -0.39 is 6.04 Å². The molecule has 0 aliphatic carbocycles. The van der Waals surface area contributed by atoms with E-state index >= 15 is 0 Å². The Morgan fingerprint density at radius 2 is 1.92 bits per heavy atom. The highest BCUT2D eigenvalue weighted by molar-refractivity contribution is 6.01. The summed E-state index contributed by atoms with van der Waals surface area (Å²) >= 11 is 0. The number of amides is 2. The van der Waals surface area contributed by atoms with Crippen LogP contribution in [-0.4, -0.2) is 51.2 Å². The Bertz CT molecular complexity index is 627. The summed E-state index contributed by atoms with van der Waals surface area (Å²) in [4.78, 5) is 26.5. The first-order valence-electron chi connectivity index (χ1n) is 8.68. The lowest BCUT2D eigenvalue weighted by atomic mass is 10.1. The van der Waals surface area contributed by atoms with Crippen molar-refractivity contribution in [3.05, 3.63) is 18.2 Å². The topological polar surface area (TPSA) is 79.9 Å². The number of methoxy groups -OCH3 is 2. The molecule has 1 aromatic carbocycles. The lowest BCUT2D eigenvalue weighted by molar-refractivity contribution is -0.126. The highest BCUT2D eigenvalue weighted by Crippen LogP contribution is 2.31. The second-order valence-corrected chi connectivity index (χ2v) is 6.47. The normalized spacial score (nSPS) is 22.1. The predicted octanol–water partition coefficient (Wildman–Crippen LogP) is 1.49. The fourth-order valence-corrected chi connectivity index (χ4v) is 3.43. The van der Waals surface area contributed by atoms with Gasteiger partial charge in [-0.15, -0.1) is 12.4 Å². The molecular weight excluding hydrogens is 358 g/mol. The summed E-state index contributed by atoms with van der Waals surface area (Å²) < 4.78 is 10.5. The Labute approximate surface area is 159 Å². The van der Waals surface area contributed by atoms with E-state index in [2.05, 4.69) is 10.6 Å². The summed E-state index contributed by atoms with van der Waals surface area (Å²) in [6.45, 7) is 1.52. The van der Waals surface area contributed by atoms with Gasteiger partial charge in [0.1, 0.15) is 17.5 Å². The van der Waals surface area contributed by atoms with Gasteiger partial charge in [-0.1, -0.05) is 0 Å². The van der Waals surface area contributed by atoms with Gasteiger partial charge < -0.3 is 25.0 Å². The van der Waals surface area contributed by atoms with E-state index in [-0.39, 0.29) is 30.3 Å². The summed E-state index contributed by atoms with van der Waals surface area (Å²) in [6.07, 6.45) is 3.15. The van der Waals surface area contributed by atoms with Crippen molar-refractivity contribution in [1.82, 2.24) is 10.6 Å². The highest BCUT2D eigenvalue weighted by Gasteiger charge is 2.34. The number of benzene rings is 1. The molecule has 2 N–H and O–H groups in total. The maximum absolute atomic E-state index is 12.7. The van der Waals surface area contributed by atoms with E-state index in [9.17, 15) is 9.59 Å². The van der Waals surface area contributed by atoms with E-state index in [0.717, 1.165) is 25.1 Å². The number of hydrogen-bond acceptors (Lipinski definition) is 5. The van der Waals surface area contributed by atoms with Gasteiger partial charge in [0.2, 0.25) is 11.8 Å². The van der Waals surface area contributed by atoms with Crippen LogP contribution in [0, 0.1) is 0 Å². The Kier molecular flexibility index (Phi) is 7.11. The summed E-state index contributed by atoms with van der Waals surface area (Å²) in [5.74, 6) is 1.09. The molecule has 0 aromatic heterocycles. The number of halogens is 1. The summed E-state index contributed by atoms with van der Waals surface area (Å²) in [7, 11) is 3.15. The first-order chi connectivity index (χ1) is 12.1. The van der Waals surface area contributed by atoms with Crippen LogP contribution in [0.4, 0.5) is 5.69 Å². The molecule has 2 unspecified atom stereocenters. The molecule has 2 saturated heterocycles. The van der Waals surface area contributed by atoms with Crippen LogP contribution >= 0.6 is 12.4 Å². The van der Waals surface area contributed by atoms with Gasteiger partial charge in [0, 0.05) is 37.2 Å². The van der Waals surface area contributed by atoms with Crippen LogP contribution in [0.3, 0.4) is 0 Å². The average Bonchev–Trinajstić information content (AvgIpc) is 3.25. The number of hydrogen-bond donors (Lipinski definition) is 2. The van der Waals surface area contributed by atoms with E-state index in [4.69, 9.17) is 9.47 Å². The smallest absolute Gasteiger partial charge is 0.249 e. The second kappa shape index (κ2) is 9.09. The number of rotatable bonds is 6. The van der Waals surface area contributed by atoms with Gasteiger partial charge in [0.05, 0.1) is 19.9 Å². The average molecular weight is 384 g/mol. The Hall–Kier alpha value is -1.99. The molecule has 26 heavy (non-hydrogen) atoms. The van der Waals surface area contributed by atoms with Crippen LogP contribution in [-0.2, 0) is 9.59 Å². The zero-order chi connectivity index (χ0) is 17.8. The quantitative estimate of drug-likeness (QED) is 0.778. The maximum Gasteiger partial charge on any atom is 0.249 e. The molecule has 2 amide bonds. The molecule has 144 valence electrons. The summed E-state index contributed by atoms with van der Waals surface area (Å²) in [5.41, 5.74) is 0.718. The van der Waals surface area contributed by atoms with Gasteiger partial charge in [0.25, 0.3) is 0 Å². The minimum Gasteiger partial charge on any atom is -0.497 e. The van der Waals surface area contributed by atoms with Crippen LogP contribution in [0.25, 0.3) is 0 Å². The molecule has 2 aliphatic rings. The van der Waals surface area contributed by atoms with Crippen LogP contribution in [0.2, 0.25) is 0 Å². The lowest BCUT2D eigenvalue weighted by Crippen LogP contribution is -2.43. The fraction of sp³-hybridized carbons (Fsp3) is 0.556. The van der Waals surface area contributed by atoms with Crippen molar-refractivity contribution in [1.29, 1.82) is 0 Å². The van der Waals surface area contributed by atoms with Crippen molar-refractivity contribution in [2.45, 2.75) is 37.8 Å². The summed E-state index contributed by atoms with van der Waals surface area (Å²) in [6, 6.07) is 5.12. The summed E-state index contributed by atoms with van der Waals surface area (Å²) in [5, 5.41) is 6.18. The Morgan fingerprint density at radius 1 is 1.23 bits per heavy atom. The number of nitrogens with one attached hydrogen (secondary N) is 2. The van der Waals surface area contributed by atoms with Crippen molar-refractivity contribution in [3.8, 4) is 11.5 Å². The number of carbonyl (C=O) groups is 2. The SMILES string of the molecule is COc1cc(OC)cc(N2CCC(NC(=O)CC3CCCN3)C2=O)c1.Cl. The largest absolute Gasteiger partial charge is 0.497 e. The molecule has 2 atom stereocenters. The second-order valence-electron chi connectivity index (χ2n) is 6.47. The van der Waals surface area contributed by atoms with Gasteiger partial charge >= 0.3 is 0 Å². The van der Waals surface area contributed by atoms with Gasteiger partial charge in [0.15, 0.2) is 0 Å². The molecule has 0 bridgehead atoms. The number of anilines is 1. The molecule has 0 saturated carbocycles. The Balaban J connectivity index is 0.00000243. The molecule has 2 fully saturated rings. The van der Waals surface area contributed by atoms with Crippen molar-refractivity contribution >= 4 is 29.9 Å². The molecule has 1 aromatic rings. The van der Waals surface area contributed by atoms with E-state index in [1.165, 1.54) is 0 Å². The van der Waals surface area contributed by atoms with Crippen molar-refractivity contribution in [3.63, 3.8) is 0 Å². The van der Waals surface area contributed by atoms with Crippen molar-refractivity contribution < 1.29 is 19.1 Å². The van der Waals surface area contributed by atoms with E-state index in [1.54, 1.807) is 37.3 Å². The number of nitrogens with zero attached hydrogens (tertiary/aromatic N) is 1. The molecule has 0 radical (unpaired) electrons. The van der Waals surface area contributed by atoms with Gasteiger partial charge in [-0.25, -0.2) is 0 Å². The zero-order valence-corrected chi connectivity index (χ0v) is 15.9. The molecule has 0 spiro atoms. The Morgan fingerprint density at radius 3 is 2.50 bits per heavy atom. The number of ether oxygens (including phenoxy) is 2. The molecule has 7 nitrogen and oxygen atoms in total. The van der Waals surface area contributed by atoms with Gasteiger partial charge in [-0.05, 0) is 25.8 Å². The zero-order valence-electron chi connectivity index (χ0n) is 15.1. The number of carbonyl (C=O) groups excluding carboxylic acids is 2. The van der Waals surface area contributed by atoms with Crippen molar-refractivity contribution in [2.75, 3.05) is 32.2 Å². The third-order valence-corrected chi connectivity index (χ3v) is 4.78. The van der Waals surface area contributed by atoms with Crippen molar-refractivity contribution in [2.24, 2.45) is 0 Å². The highest BCUT2D eigenvalue weighted by atomic mass is 35.5. The first kappa shape index (κ1) is 20.3. The van der Waals surface area contributed by atoms with E-state index in [1.807, 2.05) is 0 Å². The van der Waals surface area contributed by atoms with Crippen LogP contribution < -0.4 is 25.0 Å². The third kappa shape index (κ3) is 4.59. The van der Waals surface area contributed by atoms with Crippen LogP contribution in [0.1, 0.15) is 25.7 Å². The third-order valence-electron chi connectivity index (χ3n) is 4.78. The molecule has 3 rings (SSSR count). The van der Waals surface area contributed by atoms with Crippen LogP contribution in [0.15, 0.2) is 18.2 Å². The molecular formula is C18H26ClN3O4. The minimum absolute atomic E-state index is 0. The maximum atomic E-state index is 12.7. The monoisotopic (exact) mass is 383 g/mol. The molecule has 2 heterocycles. The minimum atomic E-state index is -0.467. The lowest BCUT2D eigenvalue weighted by Gasteiger charge is -2.19. The molecule has 8 heteroatoms. The predicted molar refractivity (Wildman–Crippen MR) is 101 cm³/mol. The van der Waals surface area contributed by atoms with Gasteiger partial charge in [-0.3, -0.25) is 9.59 Å². The van der Waals surface area contributed by atoms with Crippen LogP contribution in [0.5, 0.6) is 11.5 Å². The van der Waals surface area contributed by atoms with E-state index in [0.29, 0.717) is 30.9 Å². The van der Waals surface area contributed by atoms with Gasteiger partial charge in [-0.2, -0.15) is 0 Å². The standard InChI is InChI=1S/C18H25N3O4.ClH/c1-24-14-9-13(10-15(11-14)25-2)21-7-5-16(18(21)23)20-17(22)8-12-4-3-6-19-12;/h9-12,16,19H,3-8H2,1-2H3,(H,20,22);1H.